The number of nitrogens with one attached hydrogen (secondary N) is 1. The van der Waals surface area contributed by atoms with Crippen molar-refractivity contribution < 1.29 is 9.72 Å². The Hall–Kier alpha value is -3.22. The minimum absolute atomic E-state index is 0.00994. The normalized spacial score (nSPS) is 13.2. The number of rotatable bonds is 4. The Labute approximate surface area is 143 Å². The number of H-pyrrole nitrogens is 1. The highest BCUT2D eigenvalue weighted by molar-refractivity contribution is 5.96. The number of nitro benzene ring substituents is 1. The van der Waals surface area contributed by atoms with Gasteiger partial charge in [0.25, 0.3) is 5.69 Å². The van der Waals surface area contributed by atoms with Crippen molar-refractivity contribution >= 4 is 28.3 Å². The first-order chi connectivity index (χ1) is 12.1. The Balaban J connectivity index is 1.49. The van der Waals surface area contributed by atoms with Gasteiger partial charge in [-0.2, -0.15) is 0 Å². The molecule has 7 heteroatoms. The maximum absolute atomic E-state index is 12.6. The van der Waals surface area contributed by atoms with E-state index in [-0.39, 0.29) is 11.6 Å². The van der Waals surface area contributed by atoms with Crippen LogP contribution in [0.5, 0.6) is 0 Å². The summed E-state index contributed by atoms with van der Waals surface area (Å²) >= 11 is 0. The van der Waals surface area contributed by atoms with E-state index in [1.165, 1.54) is 12.1 Å². The van der Waals surface area contributed by atoms with Crippen LogP contribution in [-0.2, 0) is 17.6 Å². The molecule has 0 aliphatic carbocycles. The third-order valence-electron chi connectivity index (χ3n) is 4.49. The lowest BCUT2D eigenvalue weighted by Crippen LogP contribution is -2.29. The number of aromatic amines is 1. The molecule has 0 saturated heterocycles. The van der Waals surface area contributed by atoms with E-state index in [1.807, 2.05) is 24.3 Å². The predicted molar refractivity (Wildman–Crippen MR) is 93.6 cm³/mol. The summed E-state index contributed by atoms with van der Waals surface area (Å²) in [5.41, 5.74) is 3.47. The molecule has 0 atom stereocenters. The van der Waals surface area contributed by atoms with Crippen LogP contribution < -0.4 is 4.90 Å². The average Bonchev–Trinajstić information content (AvgIpc) is 3.22. The van der Waals surface area contributed by atoms with Crippen molar-refractivity contribution in [3.63, 3.8) is 0 Å². The highest BCUT2D eigenvalue weighted by Crippen LogP contribution is 2.32. The minimum atomic E-state index is -0.435. The molecule has 25 heavy (non-hydrogen) atoms. The van der Waals surface area contributed by atoms with Crippen molar-refractivity contribution in [2.24, 2.45) is 0 Å². The SMILES string of the molecule is O=C(CCc1nc2ccccc2[nH]1)N1CCc2ccc([N+](=O)[O-])cc21. The second kappa shape index (κ2) is 6.01. The summed E-state index contributed by atoms with van der Waals surface area (Å²) in [5, 5.41) is 11.0. The first kappa shape index (κ1) is 15.3. The summed E-state index contributed by atoms with van der Waals surface area (Å²) in [6, 6.07) is 12.4. The molecule has 0 saturated carbocycles. The number of aromatic nitrogens is 2. The summed E-state index contributed by atoms with van der Waals surface area (Å²) in [7, 11) is 0. The van der Waals surface area contributed by atoms with Crippen molar-refractivity contribution in [1.29, 1.82) is 0 Å². The number of non-ortho nitro benzene ring substituents is 1. The number of aryl methyl sites for hydroxylation is 1. The molecule has 1 aliphatic rings. The third-order valence-corrected chi connectivity index (χ3v) is 4.49. The van der Waals surface area contributed by atoms with Crippen LogP contribution in [0, 0.1) is 10.1 Å². The Bertz CT molecular complexity index is 946. The topological polar surface area (TPSA) is 92.1 Å². The number of benzene rings is 2. The van der Waals surface area contributed by atoms with Gasteiger partial charge < -0.3 is 9.88 Å². The van der Waals surface area contributed by atoms with Gasteiger partial charge in [0.05, 0.1) is 21.6 Å². The molecule has 2 aromatic carbocycles. The zero-order chi connectivity index (χ0) is 17.4. The van der Waals surface area contributed by atoms with Crippen LogP contribution in [0.15, 0.2) is 42.5 Å². The van der Waals surface area contributed by atoms with E-state index < -0.39 is 4.92 Å². The molecule has 1 amide bonds. The molecule has 0 fully saturated rings. The number of carbonyl (C=O) groups is 1. The number of hydrogen-bond acceptors (Lipinski definition) is 4. The van der Waals surface area contributed by atoms with Gasteiger partial charge in [0.1, 0.15) is 5.82 Å². The first-order valence-electron chi connectivity index (χ1n) is 8.13. The van der Waals surface area contributed by atoms with Crippen LogP contribution in [0.4, 0.5) is 11.4 Å². The molecule has 0 radical (unpaired) electrons. The minimum Gasteiger partial charge on any atom is -0.342 e. The summed E-state index contributed by atoms with van der Waals surface area (Å²) < 4.78 is 0. The van der Waals surface area contributed by atoms with Gasteiger partial charge in [0, 0.05) is 31.5 Å². The fourth-order valence-corrected chi connectivity index (χ4v) is 3.22. The lowest BCUT2D eigenvalue weighted by Gasteiger charge is -2.16. The quantitative estimate of drug-likeness (QED) is 0.585. The van der Waals surface area contributed by atoms with Gasteiger partial charge in [-0.25, -0.2) is 4.98 Å². The van der Waals surface area contributed by atoms with E-state index in [4.69, 9.17) is 0 Å². The molecule has 1 aliphatic heterocycles. The monoisotopic (exact) mass is 336 g/mol. The molecule has 0 spiro atoms. The Morgan fingerprint density at radius 2 is 2.12 bits per heavy atom. The Morgan fingerprint density at radius 3 is 2.92 bits per heavy atom. The molecule has 7 nitrogen and oxygen atoms in total. The van der Waals surface area contributed by atoms with E-state index in [1.54, 1.807) is 11.0 Å². The molecular weight excluding hydrogens is 320 g/mol. The molecule has 4 rings (SSSR count). The van der Waals surface area contributed by atoms with Crippen LogP contribution in [0.25, 0.3) is 11.0 Å². The summed E-state index contributed by atoms with van der Waals surface area (Å²) in [5.74, 6) is 0.729. The van der Waals surface area contributed by atoms with Crippen LogP contribution in [0.2, 0.25) is 0 Å². The molecule has 1 aromatic heterocycles. The number of fused-ring (bicyclic) bond motifs is 2. The van der Waals surface area contributed by atoms with E-state index in [0.29, 0.717) is 25.1 Å². The van der Waals surface area contributed by atoms with Gasteiger partial charge in [-0.1, -0.05) is 18.2 Å². The number of nitro groups is 1. The first-order valence-corrected chi connectivity index (χ1v) is 8.13. The Kier molecular flexibility index (Phi) is 3.68. The van der Waals surface area contributed by atoms with Crippen molar-refractivity contribution in [3.8, 4) is 0 Å². The summed E-state index contributed by atoms with van der Waals surface area (Å²) in [4.78, 5) is 32.5. The second-order valence-corrected chi connectivity index (χ2v) is 6.07. The summed E-state index contributed by atoms with van der Waals surface area (Å²) in [6.07, 6.45) is 1.54. The van der Waals surface area contributed by atoms with Gasteiger partial charge in [-0.15, -0.1) is 0 Å². The van der Waals surface area contributed by atoms with Crippen molar-refractivity contribution in [1.82, 2.24) is 9.97 Å². The fourth-order valence-electron chi connectivity index (χ4n) is 3.22. The number of imidazole rings is 1. The van der Waals surface area contributed by atoms with E-state index >= 15 is 0 Å². The zero-order valence-electron chi connectivity index (χ0n) is 13.4. The average molecular weight is 336 g/mol. The van der Waals surface area contributed by atoms with Crippen molar-refractivity contribution in [3.05, 3.63) is 64.0 Å². The molecular formula is C18H16N4O3. The largest absolute Gasteiger partial charge is 0.342 e. The zero-order valence-corrected chi connectivity index (χ0v) is 13.4. The van der Waals surface area contributed by atoms with Crippen molar-refractivity contribution in [2.75, 3.05) is 11.4 Å². The number of nitrogens with zero attached hydrogens (tertiary/aromatic N) is 3. The number of hydrogen-bond donors (Lipinski definition) is 1. The van der Waals surface area contributed by atoms with E-state index in [0.717, 1.165) is 28.8 Å². The second-order valence-electron chi connectivity index (χ2n) is 6.07. The molecule has 2 heterocycles. The summed E-state index contributed by atoms with van der Waals surface area (Å²) in [6.45, 7) is 0.565. The standard InChI is InChI=1S/C18H16N4O3/c23-18(8-7-17-19-14-3-1-2-4-15(14)20-17)21-10-9-12-5-6-13(22(24)25)11-16(12)21/h1-6,11H,7-10H2,(H,19,20). The van der Waals surface area contributed by atoms with Crippen molar-refractivity contribution in [2.45, 2.75) is 19.3 Å². The number of amides is 1. The molecule has 126 valence electrons. The van der Waals surface area contributed by atoms with E-state index in [2.05, 4.69) is 9.97 Å². The van der Waals surface area contributed by atoms with E-state index in [9.17, 15) is 14.9 Å². The maximum Gasteiger partial charge on any atom is 0.271 e. The van der Waals surface area contributed by atoms with Crippen LogP contribution in [0.1, 0.15) is 17.8 Å². The molecule has 3 aromatic rings. The number of para-hydroxylation sites is 2. The molecule has 1 N–H and O–H groups in total. The van der Waals surface area contributed by atoms with Crippen LogP contribution in [0.3, 0.4) is 0 Å². The fraction of sp³-hybridized carbons (Fsp3) is 0.222. The highest BCUT2D eigenvalue weighted by Gasteiger charge is 2.26. The lowest BCUT2D eigenvalue weighted by atomic mass is 10.1. The van der Waals surface area contributed by atoms with Gasteiger partial charge in [-0.3, -0.25) is 14.9 Å². The van der Waals surface area contributed by atoms with Crippen LogP contribution >= 0.6 is 0 Å². The molecule has 0 unspecified atom stereocenters. The Morgan fingerprint density at radius 1 is 1.28 bits per heavy atom. The van der Waals surface area contributed by atoms with Gasteiger partial charge in [0.2, 0.25) is 5.91 Å². The maximum atomic E-state index is 12.6. The lowest BCUT2D eigenvalue weighted by molar-refractivity contribution is -0.384. The third kappa shape index (κ3) is 2.84. The van der Waals surface area contributed by atoms with Gasteiger partial charge >= 0.3 is 0 Å². The smallest absolute Gasteiger partial charge is 0.271 e. The highest BCUT2D eigenvalue weighted by atomic mass is 16.6. The number of carbonyl (C=O) groups excluding carboxylic acids is 1. The van der Waals surface area contributed by atoms with Gasteiger partial charge in [-0.05, 0) is 24.1 Å². The van der Waals surface area contributed by atoms with Crippen LogP contribution in [-0.4, -0.2) is 27.3 Å². The molecule has 0 bridgehead atoms. The van der Waals surface area contributed by atoms with Gasteiger partial charge in [0.15, 0.2) is 0 Å². The number of anilines is 1. The predicted octanol–water partition coefficient (Wildman–Crippen LogP) is 2.99.